The molecule has 0 atom stereocenters. The Kier molecular flexibility index (Phi) is 7.04. The van der Waals surface area contributed by atoms with Crippen LogP contribution < -0.4 is 9.47 Å². The molecule has 150 valence electrons. The Labute approximate surface area is 179 Å². The third-order valence-corrected chi connectivity index (χ3v) is 5.12. The van der Waals surface area contributed by atoms with Crippen LogP contribution in [0.1, 0.15) is 29.2 Å². The molecule has 3 aromatic rings. The van der Waals surface area contributed by atoms with Crippen LogP contribution in [-0.4, -0.2) is 12.8 Å². The van der Waals surface area contributed by atoms with E-state index in [2.05, 4.69) is 40.8 Å². The number of hydrogen-bond donors (Lipinski definition) is 0. The minimum Gasteiger partial charge on any atom is -0.490 e. The van der Waals surface area contributed by atoms with Crippen LogP contribution in [0.3, 0.4) is 0 Å². The number of benzene rings is 3. The van der Waals surface area contributed by atoms with E-state index in [1.807, 2.05) is 43.5 Å². The van der Waals surface area contributed by atoms with Crippen molar-refractivity contribution in [2.75, 3.05) is 6.61 Å². The van der Waals surface area contributed by atoms with Gasteiger partial charge in [-0.3, -0.25) is 4.99 Å². The second-order valence-electron chi connectivity index (χ2n) is 6.66. The average molecular weight is 456 g/mol. The van der Waals surface area contributed by atoms with E-state index in [1.54, 1.807) is 6.07 Å². The second-order valence-corrected chi connectivity index (χ2v) is 7.51. The Morgan fingerprint density at radius 1 is 1.03 bits per heavy atom. The highest BCUT2D eigenvalue weighted by Gasteiger charge is 2.12. The predicted octanol–water partition coefficient (Wildman–Crippen LogP) is 6.93. The standard InChI is InChI=1S/C24H23BrFNO2/c1-4-28-23-13-19(14-27-22-10-5-7-16(2)17(22)3)12-21(25)24(23)29-15-18-8-6-9-20(26)11-18/h5-14H,4,15H2,1-3H3. The van der Waals surface area contributed by atoms with E-state index in [1.165, 1.54) is 17.7 Å². The van der Waals surface area contributed by atoms with Crippen LogP contribution in [0.2, 0.25) is 0 Å². The van der Waals surface area contributed by atoms with Crippen LogP contribution in [0.25, 0.3) is 0 Å². The van der Waals surface area contributed by atoms with Crippen molar-refractivity contribution in [1.82, 2.24) is 0 Å². The summed E-state index contributed by atoms with van der Waals surface area (Å²) in [5, 5.41) is 0. The first-order chi connectivity index (χ1) is 14.0. The molecule has 0 aliphatic carbocycles. The third-order valence-electron chi connectivity index (χ3n) is 4.53. The van der Waals surface area contributed by atoms with Gasteiger partial charge < -0.3 is 9.47 Å². The lowest BCUT2D eigenvalue weighted by Gasteiger charge is -2.15. The molecule has 3 nitrogen and oxygen atoms in total. The number of rotatable bonds is 7. The van der Waals surface area contributed by atoms with Gasteiger partial charge in [-0.05, 0) is 89.3 Å². The van der Waals surface area contributed by atoms with Crippen molar-refractivity contribution in [2.45, 2.75) is 27.4 Å². The summed E-state index contributed by atoms with van der Waals surface area (Å²) < 4.78 is 25.9. The smallest absolute Gasteiger partial charge is 0.175 e. The maximum absolute atomic E-state index is 13.4. The van der Waals surface area contributed by atoms with Gasteiger partial charge in [-0.15, -0.1) is 0 Å². The summed E-state index contributed by atoms with van der Waals surface area (Å²) in [6.45, 7) is 6.80. The van der Waals surface area contributed by atoms with E-state index < -0.39 is 0 Å². The number of aryl methyl sites for hydroxylation is 1. The van der Waals surface area contributed by atoms with E-state index in [0.29, 0.717) is 18.1 Å². The first-order valence-electron chi connectivity index (χ1n) is 9.41. The van der Waals surface area contributed by atoms with Gasteiger partial charge in [-0.1, -0.05) is 24.3 Å². The lowest BCUT2D eigenvalue weighted by molar-refractivity contribution is 0.267. The van der Waals surface area contributed by atoms with Crippen LogP contribution >= 0.6 is 15.9 Å². The molecule has 0 aliphatic rings. The van der Waals surface area contributed by atoms with Crippen molar-refractivity contribution >= 4 is 27.8 Å². The largest absolute Gasteiger partial charge is 0.490 e. The van der Waals surface area contributed by atoms with Gasteiger partial charge in [0.2, 0.25) is 0 Å². The van der Waals surface area contributed by atoms with E-state index in [-0.39, 0.29) is 12.4 Å². The molecule has 0 saturated heterocycles. The summed E-state index contributed by atoms with van der Waals surface area (Å²) in [5.74, 6) is 0.911. The van der Waals surface area contributed by atoms with Gasteiger partial charge in [0, 0.05) is 6.21 Å². The van der Waals surface area contributed by atoms with E-state index in [4.69, 9.17) is 9.47 Å². The summed E-state index contributed by atoms with van der Waals surface area (Å²) in [5.41, 5.74) is 4.93. The fourth-order valence-electron chi connectivity index (χ4n) is 2.87. The quantitative estimate of drug-likeness (QED) is 0.361. The van der Waals surface area contributed by atoms with E-state index in [0.717, 1.165) is 26.9 Å². The van der Waals surface area contributed by atoms with Crippen molar-refractivity contribution in [3.05, 3.63) is 87.1 Å². The molecular formula is C24H23BrFNO2. The maximum Gasteiger partial charge on any atom is 0.175 e. The Morgan fingerprint density at radius 2 is 1.83 bits per heavy atom. The molecule has 0 amide bonds. The molecule has 3 aromatic carbocycles. The number of hydrogen-bond acceptors (Lipinski definition) is 3. The molecule has 0 aliphatic heterocycles. The second kappa shape index (κ2) is 9.70. The van der Waals surface area contributed by atoms with Gasteiger partial charge in [-0.2, -0.15) is 0 Å². The number of halogens is 2. The monoisotopic (exact) mass is 455 g/mol. The lowest BCUT2D eigenvalue weighted by Crippen LogP contribution is -2.01. The number of nitrogens with zero attached hydrogens (tertiary/aromatic N) is 1. The molecule has 0 saturated carbocycles. The van der Waals surface area contributed by atoms with Crippen molar-refractivity contribution in [3.8, 4) is 11.5 Å². The molecule has 0 heterocycles. The van der Waals surface area contributed by atoms with Crippen molar-refractivity contribution in [1.29, 1.82) is 0 Å². The molecule has 0 spiro atoms. The summed E-state index contributed by atoms with van der Waals surface area (Å²) in [6.07, 6.45) is 1.81. The molecule has 0 fully saturated rings. The minimum atomic E-state index is -0.284. The number of aliphatic imine (C=N–C) groups is 1. The molecule has 0 unspecified atom stereocenters. The summed E-state index contributed by atoms with van der Waals surface area (Å²) in [4.78, 5) is 4.63. The first-order valence-corrected chi connectivity index (χ1v) is 10.2. The molecular weight excluding hydrogens is 433 g/mol. The van der Waals surface area contributed by atoms with Crippen LogP contribution in [0.5, 0.6) is 11.5 Å². The van der Waals surface area contributed by atoms with E-state index >= 15 is 0 Å². The highest BCUT2D eigenvalue weighted by Crippen LogP contribution is 2.37. The van der Waals surface area contributed by atoms with Gasteiger partial charge in [-0.25, -0.2) is 4.39 Å². The normalized spacial score (nSPS) is 11.1. The molecule has 5 heteroatoms. The van der Waals surface area contributed by atoms with Gasteiger partial charge >= 0.3 is 0 Å². The van der Waals surface area contributed by atoms with Gasteiger partial charge in [0.05, 0.1) is 16.8 Å². The Bertz CT molecular complexity index is 1030. The molecule has 29 heavy (non-hydrogen) atoms. The SMILES string of the molecule is CCOc1cc(C=Nc2cccc(C)c2C)cc(Br)c1OCc1cccc(F)c1. The minimum absolute atomic E-state index is 0.242. The summed E-state index contributed by atoms with van der Waals surface area (Å²) in [6, 6.07) is 16.2. The molecule has 0 bridgehead atoms. The average Bonchev–Trinajstić information content (AvgIpc) is 2.69. The first kappa shape index (κ1) is 21.1. The highest BCUT2D eigenvalue weighted by atomic mass is 79.9. The topological polar surface area (TPSA) is 30.8 Å². The number of ether oxygens (including phenoxy) is 2. The third kappa shape index (κ3) is 5.45. The van der Waals surface area contributed by atoms with Crippen LogP contribution in [0.15, 0.2) is 64.1 Å². The van der Waals surface area contributed by atoms with Crippen LogP contribution in [-0.2, 0) is 6.61 Å². The highest BCUT2D eigenvalue weighted by molar-refractivity contribution is 9.10. The lowest BCUT2D eigenvalue weighted by atomic mass is 10.1. The molecule has 3 rings (SSSR count). The fraction of sp³-hybridized carbons (Fsp3) is 0.208. The van der Waals surface area contributed by atoms with Crippen LogP contribution in [0, 0.1) is 19.7 Å². The maximum atomic E-state index is 13.4. The van der Waals surface area contributed by atoms with Crippen molar-refractivity contribution in [2.24, 2.45) is 4.99 Å². The zero-order chi connectivity index (χ0) is 20.8. The van der Waals surface area contributed by atoms with Crippen molar-refractivity contribution < 1.29 is 13.9 Å². The van der Waals surface area contributed by atoms with Gasteiger partial charge in [0.25, 0.3) is 0 Å². The summed E-state index contributed by atoms with van der Waals surface area (Å²) >= 11 is 3.57. The Balaban J connectivity index is 1.85. The summed E-state index contributed by atoms with van der Waals surface area (Å²) in [7, 11) is 0. The van der Waals surface area contributed by atoms with Gasteiger partial charge in [0.15, 0.2) is 11.5 Å². The zero-order valence-electron chi connectivity index (χ0n) is 16.7. The molecule has 0 aromatic heterocycles. The zero-order valence-corrected chi connectivity index (χ0v) is 18.3. The van der Waals surface area contributed by atoms with Crippen LogP contribution in [0.4, 0.5) is 10.1 Å². The Morgan fingerprint density at radius 3 is 2.59 bits per heavy atom. The fourth-order valence-corrected chi connectivity index (χ4v) is 3.44. The van der Waals surface area contributed by atoms with Crippen molar-refractivity contribution in [3.63, 3.8) is 0 Å². The molecule has 0 radical (unpaired) electrons. The van der Waals surface area contributed by atoms with Gasteiger partial charge in [0.1, 0.15) is 12.4 Å². The van der Waals surface area contributed by atoms with E-state index in [9.17, 15) is 4.39 Å². The predicted molar refractivity (Wildman–Crippen MR) is 119 cm³/mol. The Hall–Kier alpha value is -2.66. The molecule has 0 N–H and O–H groups in total.